The minimum Gasteiger partial charge on any atom is -0.386 e. The van der Waals surface area contributed by atoms with E-state index in [1.807, 2.05) is 20.8 Å². The Balaban J connectivity index is 1.92. The Morgan fingerprint density at radius 1 is 1.29 bits per heavy atom. The Hall–Kier alpha value is -1.90. The number of rotatable bonds is 5. The number of allylic oxidation sites excluding steroid dienone is 1. The third-order valence-corrected chi connectivity index (χ3v) is 7.55. The molecule has 28 heavy (non-hydrogen) atoms. The molecule has 0 radical (unpaired) electrons. The van der Waals surface area contributed by atoms with Gasteiger partial charge in [0.05, 0.1) is 5.60 Å². The maximum absolute atomic E-state index is 14.0. The third-order valence-electron chi connectivity index (χ3n) is 4.74. The molecular formula is C20H25FN2O3S2. The van der Waals surface area contributed by atoms with E-state index in [0.29, 0.717) is 11.4 Å². The molecule has 0 saturated heterocycles. The SMILES string of the molecule is CC(C)c1cc(F)cc2c1NC(NS(=O)(=O)c1cc(C(C)(C)O)cs1)=CC2C. The second-order valence-corrected chi connectivity index (χ2v) is 10.7. The van der Waals surface area contributed by atoms with Crippen molar-refractivity contribution in [3.8, 4) is 0 Å². The largest absolute Gasteiger partial charge is 0.386 e. The van der Waals surface area contributed by atoms with Crippen molar-refractivity contribution in [1.29, 1.82) is 0 Å². The minimum atomic E-state index is -3.81. The third kappa shape index (κ3) is 4.09. The number of hydrogen-bond donors (Lipinski definition) is 3. The highest BCUT2D eigenvalue weighted by Gasteiger charge is 2.27. The van der Waals surface area contributed by atoms with Gasteiger partial charge in [0.15, 0.2) is 0 Å². The van der Waals surface area contributed by atoms with Crippen molar-refractivity contribution in [2.75, 3.05) is 5.32 Å². The zero-order chi connectivity index (χ0) is 20.9. The molecule has 1 aliphatic heterocycles. The summed E-state index contributed by atoms with van der Waals surface area (Å²) in [5.74, 6) is -0.0397. The molecule has 3 N–H and O–H groups in total. The molecule has 0 saturated carbocycles. The van der Waals surface area contributed by atoms with Gasteiger partial charge in [0.25, 0.3) is 10.0 Å². The van der Waals surface area contributed by atoms with E-state index < -0.39 is 15.6 Å². The molecule has 152 valence electrons. The second kappa shape index (κ2) is 7.17. The van der Waals surface area contributed by atoms with Crippen LogP contribution in [0.1, 0.15) is 63.1 Å². The van der Waals surface area contributed by atoms with Gasteiger partial charge in [-0.15, -0.1) is 11.3 Å². The van der Waals surface area contributed by atoms with E-state index in [2.05, 4.69) is 10.0 Å². The van der Waals surface area contributed by atoms with Crippen molar-refractivity contribution < 1.29 is 17.9 Å². The smallest absolute Gasteiger partial charge is 0.272 e. The number of fused-ring (bicyclic) bond motifs is 1. The molecule has 1 atom stereocenters. The molecule has 0 spiro atoms. The summed E-state index contributed by atoms with van der Waals surface area (Å²) >= 11 is 1.05. The number of hydrogen-bond acceptors (Lipinski definition) is 5. The highest BCUT2D eigenvalue weighted by molar-refractivity contribution is 7.91. The van der Waals surface area contributed by atoms with Gasteiger partial charge in [-0.25, -0.2) is 12.8 Å². The van der Waals surface area contributed by atoms with Crippen LogP contribution in [0, 0.1) is 5.82 Å². The van der Waals surface area contributed by atoms with Crippen LogP contribution in [0.2, 0.25) is 0 Å². The first-order chi connectivity index (χ1) is 12.9. The Morgan fingerprint density at radius 3 is 2.54 bits per heavy atom. The van der Waals surface area contributed by atoms with E-state index in [4.69, 9.17) is 0 Å². The van der Waals surface area contributed by atoms with Crippen LogP contribution in [0.5, 0.6) is 0 Å². The van der Waals surface area contributed by atoms with Crippen LogP contribution >= 0.6 is 11.3 Å². The van der Waals surface area contributed by atoms with E-state index in [-0.39, 0.29) is 21.9 Å². The Bertz CT molecular complexity index is 1030. The van der Waals surface area contributed by atoms with E-state index in [0.717, 1.165) is 28.2 Å². The summed E-state index contributed by atoms with van der Waals surface area (Å²) in [6, 6.07) is 4.44. The summed E-state index contributed by atoms with van der Waals surface area (Å²) in [7, 11) is -3.81. The average Bonchev–Trinajstić information content (AvgIpc) is 3.06. The molecule has 8 heteroatoms. The van der Waals surface area contributed by atoms with Gasteiger partial charge >= 0.3 is 0 Å². The van der Waals surface area contributed by atoms with Crippen LogP contribution in [-0.4, -0.2) is 13.5 Å². The van der Waals surface area contributed by atoms with Gasteiger partial charge in [0.2, 0.25) is 0 Å². The predicted octanol–water partition coefficient (Wildman–Crippen LogP) is 4.59. The van der Waals surface area contributed by atoms with E-state index in [1.165, 1.54) is 18.2 Å². The number of thiophene rings is 1. The zero-order valence-electron chi connectivity index (χ0n) is 16.5. The highest BCUT2D eigenvalue weighted by atomic mass is 32.2. The Morgan fingerprint density at radius 2 is 1.96 bits per heavy atom. The van der Waals surface area contributed by atoms with Crippen LogP contribution < -0.4 is 10.0 Å². The normalized spacial score (nSPS) is 17.1. The molecule has 1 aromatic carbocycles. The second-order valence-electron chi connectivity index (χ2n) is 7.93. The van der Waals surface area contributed by atoms with E-state index in [9.17, 15) is 17.9 Å². The van der Waals surface area contributed by atoms with Crippen molar-refractivity contribution in [3.05, 3.63) is 58.0 Å². The lowest BCUT2D eigenvalue weighted by atomic mass is 9.89. The number of sulfonamides is 1. The fourth-order valence-corrected chi connectivity index (χ4v) is 5.52. The first-order valence-corrected chi connectivity index (χ1v) is 11.4. The lowest BCUT2D eigenvalue weighted by Gasteiger charge is -2.27. The van der Waals surface area contributed by atoms with Crippen molar-refractivity contribution in [2.45, 2.75) is 56.3 Å². The van der Waals surface area contributed by atoms with Gasteiger partial charge in [-0.05, 0) is 66.1 Å². The number of anilines is 1. The summed E-state index contributed by atoms with van der Waals surface area (Å²) in [6.07, 6.45) is 1.73. The summed E-state index contributed by atoms with van der Waals surface area (Å²) < 4.78 is 42.3. The topological polar surface area (TPSA) is 78.4 Å². The number of halogens is 1. The molecule has 0 bridgehead atoms. The first-order valence-electron chi connectivity index (χ1n) is 9.05. The summed E-state index contributed by atoms with van der Waals surface area (Å²) in [5.41, 5.74) is 1.77. The van der Waals surface area contributed by atoms with Crippen LogP contribution in [0.4, 0.5) is 10.1 Å². The van der Waals surface area contributed by atoms with E-state index in [1.54, 1.807) is 25.3 Å². The van der Waals surface area contributed by atoms with Crippen LogP contribution in [0.3, 0.4) is 0 Å². The molecule has 1 aliphatic rings. The summed E-state index contributed by atoms with van der Waals surface area (Å²) in [5, 5.41) is 14.8. The lowest BCUT2D eigenvalue weighted by molar-refractivity contribution is 0.0789. The quantitative estimate of drug-likeness (QED) is 0.656. The lowest BCUT2D eigenvalue weighted by Crippen LogP contribution is -2.29. The highest BCUT2D eigenvalue weighted by Crippen LogP contribution is 2.38. The summed E-state index contributed by atoms with van der Waals surface area (Å²) in [4.78, 5) is 0. The number of benzene rings is 1. The maximum atomic E-state index is 14.0. The minimum absolute atomic E-state index is 0.0757. The van der Waals surface area contributed by atoms with Gasteiger partial charge in [-0.1, -0.05) is 20.8 Å². The molecular weight excluding hydrogens is 399 g/mol. The Labute approximate surface area is 169 Å². The summed E-state index contributed by atoms with van der Waals surface area (Å²) in [6.45, 7) is 9.04. The Kier molecular flexibility index (Phi) is 5.33. The maximum Gasteiger partial charge on any atom is 0.272 e. The molecule has 0 amide bonds. The number of nitrogens with one attached hydrogen (secondary N) is 2. The van der Waals surface area contributed by atoms with E-state index >= 15 is 0 Å². The van der Waals surface area contributed by atoms with Crippen LogP contribution in [0.15, 0.2) is 39.7 Å². The van der Waals surface area contributed by atoms with Crippen molar-refractivity contribution >= 4 is 27.0 Å². The molecule has 1 aromatic heterocycles. The predicted molar refractivity (Wildman–Crippen MR) is 110 cm³/mol. The zero-order valence-corrected chi connectivity index (χ0v) is 18.1. The average molecular weight is 425 g/mol. The van der Waals surface area contributed by atoms with Crippen LogP contribution in [0.25, 0.3) is 0 Å². The molecule has 2 heterocycles. The van der Waals surface area contributed by atoms with Gasteiger partial charge in [-0.2, -0.15) is 0 Å². The van der Waals surface area contributed by atoms with Gasteiger partial charge in [0, 0.05) is 11.6 Å². The van der Waals surface area contributed by atoms with Gasteiger partial charge in [-0.3, -0.25) is 4.72 Å². The molecule has 0 fully saturated rings. The molecule has 2 aromatic rings. The van der Waals surface area contributed by atoms with Gasteiger partial charge < -0.3 is 10.4 Å². The van der Waals surface area contributed by atoms with Crippen LogP contribution in [-0.2, 0) is 15.6 Å². The fourth-order valence-electron chi connectivity index (χ4n) is 3.16. The molecule has 3 rings (SSSR count). The molecule has 0 aliphatic carbocycles. The van der Waals surface area contributed by atoms with Crippen molar-refractivity contribution in [1.82, 2.24) is 4.72 Å². The molecule has 5 nitrogen and oxygen atoms in total. The van der Waals surface area contributed by atoms with Crippen molar-refractivity contribution in [2.24, 2.45) is 0 Å². The fraction of sp³-hybridized carbons (Fsp3) is 0.400. The molecule has 1 unspecified atom stereocenters. The monoisotopic (exact) mass is 424 g/mol. The number of aliphatic hydroxyl groups is 1. The van der Waals surface area contributed by atoms with Gasteiger partial charge in [0.1, 0.15) is 15.8 Å². The standard InChI is InChI=1S/C20H25FN2O3S2/c1-11(2)15-8-14(21)9-16-12(3)6-17(22-19(15)16)23-28(25,26)18-7-13(10-27-18)20(4,5)24/h6-12,22-24H,1-5H3. The van der Waals surface area contributed by atoms with Crippen molar-refractivity contribution in [3.63, 3.8) is 0 Å². The first kappa shape index (κ1) is 20.8.